The highest BCUT2D eigenvalue weighted by Gasteiger charge is 2.07. The molecule has 0 radical (unpaired) electrons. The van der Waals surface area contributed by atoms with E-state index in [1.54, 1.807) is 25.4 Å². The molecule has 2 aromatic rings. The van der Waals surface area contributed by atoms with Crippen molar-refractivity contribution in [1.29, 1.82) is 0 Å². The van der Waals surface area contributed by atoms with Crippen LogP contribution in [0.15, 0.2) is 36.7 Å². The summed E-state index contributed by atoms with van der Waals surface area (Å²) in [5.74, 6) is -0.450. The van der Waals surface area contributed by atoms with Crippen molar-refractivity contribution in [3.63, 3.8) is 0 Å². The van der Waals surface area contributed by atoms with E-state index in [-0.39, 0.29) is 12.6 Å². The van der Waals surface area contributed by atoms with Crippen LogP contribution in [0.25, 0.3) is 11.4 Å². The van der Waals surface area contributed by atoms with Crippen LogP contribution in [0.1, 0.15) is 6.92 Å². The van der Waals surface area contributed by atoms with E-state index >= 15 is 0 Å². The third kappa shape index (κ3) is 3.74. The summed E-state index contributed by atoms with van der Waals surface area (Å²) >= 11 is 0. The van der Waals surface area contributed by atoms with E-state index in [2.05, 4.69) is 15.0 Å². The second-order valence-corrected chi connectivity index (χ2v) is 3.53. The smallest absolute Gasteiger partial charge is 0.344 e. The Morgan fingerprint density at radius 3 is 2.79 bits per heavy atom. The summed E-state index contributed by atoms with van der Waals surface area (Å²) in [4.78, 5) is 23.4. The molecule has 0 saturated heterocycles. The van der Waals surface area contributed by atoms with Crippen molar-refractivity contribution in [2.45, 2.75) is 6.92 Å². The Kier molecular flexibility index (Phi) is 4.39. The number of rotatable bonds is 5. The molecule has 0 amide bonds. The van der Waals surface area contributed by atoms with E-state index in [4.69, 9.17) is 9.47 Å². The Morgan fingerprint density at radius 2 is 2.05 bits per heavy atom. The van der Waals surface area contributed by atoms with Gasteiger partial charge in [-0.2, -0.15) is 4.98 Å². The lowest BCUT2D eigenvalue weighted by Crippen LogP contribution is -2.15. The monoisotopic (exact) mass is 259 g/mol. The van der Waals surface area contributed by atoms with Crippen LogP contribution in [0.4, 0.5) is 0 Å². The first-order chi connectivity index (χ1) is 9.29. The van der Waals surface area contributed by atoms with E-state index < -0.39 is 5.97 Å². The van der Waals surface area contributed by atoms with Crippen LogP contribution in [0.2, 0.25) is 0 Å². The van der Waals surface area contributed by atoms with Crippen LogP contribution >= 0.6 is 0 Å². The molecular weight excluding hydrogens is 246 g/mol. The molecule has 0 aromatic carbocycles. The largest absolute Gasteiger partial charge is 0.463 e. The third-order valence-electron chi connectivity index (χ3n) is 2.19. The van der Waals surface area contributed by atoms with Gasteiger partial charge in [-0.3, -0.25) is 4.98 Å². The summed E-state index contributed by atoms with van der Waals surface area (Å²) in [7, 11) is 0. The fourth-order valence-electron chi connectivity index (χ4n) is 1.39. The molecule has 0 bridgehead atoms. The minimum absolute atomic E-state index is 0.121. The van der Waals surface area contributed by atoms with Gasteiger partial charge in [-0.05, 0) is 25.1 Å². The molecule has 2 heterocycles. The quantitative estimate of drug-likeness (QED) is 0.757. The summed E-state index contributed by atoms with van der Waals surface area (Å²) in [5, 5.41) is 0. The molecule has 19 heavy (non-hydrogen) atoms. The van der Waals surface area contributed by atoms with Crippen LogP contribution in [0.3, 0.4) is 0 Å². The van der Waals surface area contributed by atoms with Crippen molar-refractivity contribution >= 4 is 5.97 Å². The van der Waals surface area contributed by atoms with Gasteiger partial charge in [-0.1, -0.05) is 6.07 Å². The molecule has 98 valence electrons. The molecule has 0 saturated carbocycles. The number of esters is 1. The molecule has 0 N–H and O–H groups in total. The topological polar surface area (TPSA) is 74.2 Å². The molecule has 0 aliphatic heterocycles. The highest BCUT2D eigenvalue weighted by atomic mass is 16.6. The lowest BCUT2D eigenvalue weighted by molar-refractivity contribution is -0.145. The predicted octanol–water partition coefficient (Wildman–Crippen LogP) is 1.48. The highest BCUT2D eigenvalue weighted by molar-refractivity contribution is 5.70. The second-order valence-electron chi connectivity index (χ2n) is 3.53. The molecule has 2 rings (SSSR count). The molecule has 0 atom stereocenters. The maximum absolute atomic E-state index is 11.2. The van der Waals surface area contributed by atoms with Crippen molar-refractivity contribution in [2.75, 3.05) is 13.2 Å². The van der Waals surface area contributed by atoms with Crippen LogP contribution in [0.5, 0.6) is 6.01 Å². The van der Waals surface area contributed by atoms with Crippen molar-refractivity contribution in [3.8, 4) is 17.4 Å². The zero-order valence-corrected chi connectivity index (χ0v) is 10.4. The maximum atomic E-state index is 11.2. The van der Waals surface area contributed by atoms with Crippen LogP contribution in [0, 0.1) is 0 Å². The van der Waals surface area contributed by atoms with Gasteiger partial charge >= 0.3 is 12.0 Å². The van der Waals surface area contributed by atoms with Crippen molar-refractivity contribution in [3.05, 3.63) is 36.7 Å². The van der Waals surface area contributed by atoms with Gasteiger partial charge in [0.15, 0.2) is 6.61 Å². The van der Waals surface area contributed by atoms with Crippen molar-refractivity contribution in [1.82, 2.24) is 15.0 Å². The molecule has 2 aromatic heterocycles. The Balaban J connectivity index is 2.06. The first kappa shape index (κ1) is 12.9. The minimum atomic E-state index is -0.450. The number of pyridine rings is 1. The van der Waals surface area contributed by atoms with Gasteiger partial charge in [0.25, 0.3) is 0 Å². The average molecular weight is 259 g/mol. The minimum Gasteiger partial charge on any atom is -0.463 e. The fourth-order valence-corrected chi connectivity index (χ4v) is 1.39. The number of ether oxygens (including phenoxy) is 2. The van der Waals surface area contributed by atoms with Gasteiger partial charge in [0.2, 0.25) is 0 Å². The molecule has 0 fully saturated rings. The molecule has 0 spiro atoms. The molecule has 0 aliphatic carbocycles. The second kappa shape index (κ2) is 6.44. The summed E-state index contributed by atoms with van der Waals surface area (Å²) in [5.41, 5.74) is 1.35. The van der Waals surface area contributed by atoms with E-state index in [0.717, 1.165) is 0 Å². The van der Waals surface area contributed by atoms with E-state index in [0.29, 0.717) is 18.0 Å². The van der Waals surface area contributed by atoms with Crippen molar-refractivity contribution < 1.29 is 14.3 Å². The van der Waals surface area contributed by atoms with Gasteiger partial charge < -0.3 is 9.47 Å². The first-order valence-electron chi connectivity index (χ1n) is 5.82. The van der Waals surface area contributed by atoms with Crippen LogP contribution < -0.4 is 4.74 Å². The molecule has 6 heteroatoms. The molecular formula is C13H13N3O3. The summed E-state index contributed by atoms with van der Waals surface area (Å²) in [6.45, 7) is 1.84. The highest BCUT2D eigenvalue weighted by Crippen LogP contribution is 2.14. The number of carbonyl (C=O) groups is 1. The maximum Gasteiger partial charge on any atom is 0.344 e. The Morgan fingerprint density at radius 1 is 1.16 bits per heavy atom. The number of aromatic nitrogens is 3. The lowest BCUT2D eigenvalue weighted by atomic mass is 10.3. The third-order valence-corrected chi connectivity index (χ3v) is 2.19. The standard InChI is InChI=1S/C13H13N3O3/c1-2-18-12(17)9-19-13-15-8-6-11(16-13)10-5-3-4-7-14-10/h3-8H,2,9H2,1H3. The Labute approximate surface area is 110 Å². The average Bonchev–Trinajstić information content (AvgIpc) is 2.47. The lowest BCUT2D eigenvalue weighted by Gasteiger charge is -2.05. The van der Waals surface area contributed by atoms with Crippen LogP contribution in [-0.2, 0) is 9.53 Å². The number of hydrogen-bond acceptors (Lipinski definition) is 6. The number of nitrogens with zero attached hydrogens (tertiary/aromatic N) is 3. The zero-order valence-electron chi connectivity index (χ0n) is 10.4. The van der Waals surface area contributed by atoms with E-state index in [1.165, 1.54) is 0 Å². The number of carbonyl (C=O) groups excluding carboxylic acids is 1. The molecule has 0 aliphatic rings. The van der Waals surface area contributed by atoms with Crippen molar-refractivity contribution in [2.24, 2.45) is 0 Å². The van der Waals surface area contributed by atoms with Gasteiger partial charge in [-0.15, -0.1) is 0 Å². The zero-order chi connectivity index (χ0) is 13.5. The Hall–Kier alpha value is -2.50. The normalized spacial score (nSPS) is 9.95. The first-order valence-corrected chi connectivity index (χ1v) is 5.82. The predicted molar refractivity (Wildman–Crippen MR) is 67.4 cm³/mol. The van der Waals surface area contributed by atoms with Gasteiger partial charge in [0.05, 0.1) is 18.0 Å². The summed E-state index contributed by atoms with van der Waals surface area (Å²) in [6, 6.07) is 7.36. The van der Waals surface area contributed by atoms with E-state index in [1.807, 2.05) is 18.2 Å². The van der Waals surface area contributed by atoms with Gasteiger partial charge in [0, 0.05) is 12.4 Å². The molecule has 6 nitrogen and oxygen atoms in total. The van der Waals surface area contributed by atoms with Gasteiger partial charge in [0.1, 0.15) is 0 Å². The summed E-state index contributed by atoms with van der Waals surface area (Å²) < 4.78 is 9.90. The SMILES string of the molecule is CCOC(=O)COc1nccc(-c2ccccn2)n1. The molecule has 0 unspecified atom stereocenters. The van der Waals surface area contributed by atoms with Crippen LogP contribution in [-0.4, -0.2) is 34.1 Å². The fraction of sp³-hybridized carbons (Fsp3) is 0.231. The Bertz CT molecular complexity index is 546. The van der Waals surface area contributed by atoms with E-state index in [9.17, 15) is 4.79 Å². The van der Waals surface area contributed by atoms with Gasteiger partial charge in [-0.25, -0.2) is 9.78 Å². The number of hydrogen-bond donors (Lipinski definition) is 0. The summed E-state index contributed by atoms with van der Waals surface area (Å²) in [6.07, 6.45) is 3.23.